The summed E-state index contributed by atoms with van der Waals surface area (Å²) in [6, 6.07) is 6.61. The molecule has 1 aromatic carbocycles. The van der Waals surface area contributed by atoms with Crippen LogP contribution in [-0.4, -0.2) is 35.7 Å². The standard InChI is InChI=1S/C14H16INO4/c15-10-5-2-1-4-9(10)8-11(14(18)19)16-13(17)12-6-3-7-20-12/h1-2,4-5,11-12H,3,6-8H2,(H,16,17)(H,18,19)/t11-,12-/m0/s1. The van der Waals surface area contributed by atoms with Crippen LogP contribution in [0, 0.1) is 3.57 Å². The first-order valence-electron chi connectivity index (χ1n) is 6.46. The molecular weight excluding hydrogens is 373 g/mol. The maximum absolute atomic E-state index is 11.9. The smallest absolute Gasteiger partial charge is 0.326 e. The van der Waals surface area contributed by atoms with Gasteiger partial charge in [0, 0.05) is 16.6 Å². The van der Waals surface area contributed by atoms with Gasteiger partial charge >= 0.3 is 5.97 Å². The van der Waals surface area contributed by atoms with Crippen molar-refractivity contribution >= 4 is 34.5 Å². The predicted molar refractivity (Wildman–Crippen MR) is 81.4 cm³/mol. The molecule has 0 aliphatic carbocycles. The third-order valence-electron chi connectivity index (χ3n) is 3.22. The molecule has 0 radical (unpaired) electrons. The monoisotopic (exact) mass is 389 g/mol. The summed E-state index contributed by atoms with van der Waals surface area (Å²) >= 11 is 2.16. The van der Waals surface area contributed by atoms with Gasteiger partial charge in [0.2, 0.25) is 5.91 Å². The molecule has 1 fully saturated rings. The summed E-state index contributed by atoms with van der Waals surface area (Å²) in [7, 11) is 0. The highest BCUT2D eigenvalue weighted by Crippen LogP contribution is 2.15. The zero-order chi connectivity index (χ0) is 14.5. The van der Waals surface area contributed by atoms with E-state index in [4.69, 9.17) is 4.74 Å². The number of hydrogen-bond donors (Lipinski definition) is 2. The third kappa shape index (κ3) is 3.92. The minimum absolute atomic E-state index is 0.271. The summed E-state index contributed by atoms with van der Waals surface area (Å²) in [6.45, 7) is 0.562. The van der Waals surface area contributed by atoms with Crippen molar-refractivity contribution in [2.45, 2.75) is 31.4 Å². The van der Waals surface area contributed by atoms with Crippen molar-refractivity contribution < 1.29 is 19.4 Å². The van der Waals surface area contributed by atoms with Crippen molar-refractivity contribution in [3.63, 3.8) is 0 Å². The maximum Gasteiger partial charge on any atom is 0.326 e. The Bertz CT molecular complexity index is 500. The molecule has 0 spiro atoms. The molecule has 1 amide bonds. The average molecular weight is 389 g/mol. The van der Waals surface area contributed by atoms with Crippen molar-refractivity contribution in [1.82, 2.24) is 5.32 Å². The zero-order valence-electron chi connectivity index (χ0n) is 10.8. The van der Waals surface area contributed by atoms with Crippen LogP contribution < -0.4 is 5.32 Å². The van der Waals surface area contributed by atoms with Gasteiger partial charge in [-0.2, -0.15) is 0 Å². The summed E-state index contributed by atoms with van der Waals surface area (Å²) in [5.41, 5.74) is 0.910. The van der Waals surface area contributed by atoms with E-state index in [0.717, 1.165) is 15.6 Å². The Kier molecular flexibility index (Phi) is 5.36. The summed E-state index contributed by atoms with van der Waals surface area (Å²) in [5, 5.41) is 11.8. The van der Waals surface area contributed by atoms with Crippen molar-refractivity contribution in [2.75, 3.05) is 6.61 Å². The Morgan fingerprint density at radius 1 is 1.45 bits per heavy atom. The number of aliphatic carboxylic acids is 1. The minimum atomic E-state index is -1.03. The van der Waals surface area contributed by atoms with E-state index in [2.05, 4.69) is 27.9 Å². The molecule has 0 unspecified atom stereocenters. The maximum atomic E-state index is 11.9. The van der Waals surface area contributed by atoms with Gasteiger partial charge < -0.3 is 15.2 Å². The van der Waals surface area contributed by atoms with Crippen LogP contribution in [0.1, 0.15) is 18.4 Å². The quantitative estimate of drug-likeness (QED) is 0.750. The molecule has 5 nitrogen and oxygen atoms in total. The number of carboxylic acid groups (broad SMARTS) is 1. The second-order valence-electron chi connectivity index (χ2n) is 4.70. The van der Waals surface area contributed by atoms with Crippen LogP contribution in [0.3, 0.4) is 0 Å². The minimum Gasteiger partial charge on any atom is -0.480 e. The molecule has 20 heavy (non-hydrogen) atoms. The van der Waals surface area contributed by atoms with Gasteiger partial charge in [0.1, 0.15) is 12.1 Å². The molecule has 1 aromatic rings. The summed E-state index contributed by atoms with van der Waals surface area (Å²) in [5.74, 6) is -1.36. The van der Waals surface area contributed by atoms with Crippen LogP contribution in [0.5, 0.6) is 0 Å². The van der Waals surface area contributed by atoms with E-state index < -0.39 is 18.1 Å². The van der Waals surface area contributed by atoms with Gasteiger partial charge in [-0.25, -0.2) is 4.79 Å². The van der Waals surface area contributed by atoms with E-state index in [9.17, 15) is 14.7 Å². The van der Waals surface area contributed by atoms with Crippen molar-refractivity contribution in [3.8, 4) is 0 Å². The fraction of sp³-hybridized carbons (Fsp3) is 0.429. The fourth-order valence-corrected chi connectivity index (χ4v) is 2.74. The van der Waals surface area contributed by atoms with Gasteiger partial charge in [0.25, 0.3) is 0 Å². The largest absolute Gasteiger partial charge is 0.480 e. The summed E-state index contributed by atoms with van der Waals surface area (Å²) in [6.07, 6.45) is 1.26. The highest BCUT2D eigenvalue weighted by molar-refractivity contribution is 14.1. The number of nitrogens with one attached hydrogen (secondary N) is 1. The Balaban J connectivity index is 2.02. The van der Waals surface area contributed by atoms with E-state index in [1.54, 1.807) is 0 Å². The molecule has 0 aromatic heterocycles. The molecule has 108 valence electrons. The highest BCUT2D eigenvalue weighted by atomic mass is 127. The van der Waals surface area contributed by atoms with Crippen LogP contribution >= 0.6 is 22.6 Å². The molecule has 0 saturated carbocycles. The number of ether oxygens (including phenoxy) is 1. The van der Waals surface area contributed by atoms with Gasteiger partial charge in [-0.3, -0.25) is 4.79 Å². The first-order valence-corrected chi connectivity index (χ1v) is 7.54. The summed E-state index contributed by atoms with van der Waals surface area (Å²) < 4.78 is 6.25. The lowest BCUT2D eigenvalue weighted by molar-refractivity contribution is -0.143. The molecule has 1 saturated heterocycles. The van der Waals surface area contributed by atoms with Crippen molar-refractivity contribution in [3.05, 3.63) is 33.4 Å². The Morgan fingerprint density at radius 3 is 2.80 bits per heavy atom. The Hall–Kier alpha value is -1.15. The molecule has 2 rings (SSSR count). The van der Waals surface area contributed by atoms with Crippen LogP contribution in [0.4, 0.5) is 0 Å². The number of amides is 1. The third-order valence-corrected chi connectivity index (χ3v) is 4.27. The number of carbonyl (C=O) groups excluding carboxylic acids is 1. The van der Waals surface area contributed by atoms with Crippen LogP contribution in [0.15, 0.2) is 24.3 Å². The lowest BCUT2D eigenvalue weighted by atomic mass is 10.1. The number of carbonyl (C=O) groups is 2. The average Bonchev–Trinajstić information content (AvgIpc) is 2.94. The lowest BCUT2D eigenvalue weighted by Gasteiger charge is -2.17. The van der Waals surface area contributed by atoms with Crippen LogP contribution in [0.25, 0.3) is 0 Å². The molecule has 6 heteroatoms. The van der Waals surface area contributed by atoms with E-state index in [0.29, 0.717) is 13.0 Å². The first kappa shape index (κ1) is 15.2. The van der Waals surface area contributed by atoms with Crippen molar-refractivity contribution in [2.24, 2.45) is 0 Å². The van der Waals surface area contributed by atoms with Crippen LogP contribution in [-0.2, 0) is 20.7 Å². The number of rotatable bonds is 5. The Labute approximate surface area is 130 Å². The van der Waals surface area contributed by atoms with Gasteiger partial charge in [-0.05, 0) is 47.1 Å². The van der Waals surface area contributed by atoms with Gasteiger partial charge in [0.15, 0.2) is 0 Å². The highest BCUT2D eigenvalue weighted by Gasteiger charge is 2.28. The molecule has 2 atom stereocenters. The van der Waals surface area contributed by atoms with E-state index >= 15 is 0 Å². The number of benzene rings is 1. The first-order chi connectivity index (χ1) is 9.58. The molecule has 0 bridgehead atoms. The summed E-state index contributed by atoms with van der Waals surface area (Å²) in [4.78, 5) is 23.2. The second-order valence-corrected chi connectivity index (χ2v) is 5.86. The topological polar surface area (TPSA) is 75.6 Å². The lowest BCUT2D eigenvalue weighted by Crippen LogP contribution is -2.46. The number of halogens is 1. The zero-order valence-corrected chi connectivity index (χ0v) is 13.0. The van der Waals surface area contributed by atoms with Crippen molar-refractivity contribution in [1.29, 1.82) is 0 Å². The molecular formula is C14H16INO4. The van der Waals surface area contributed by atoms with E-state index in [1.165, 1.54) is 0 Å². The Morgan fingerprint density at radius 2 is 2.20 bits per heavy atom. The number of carboxylic acids is 1. The molecule has 1 aliphatic rings. The molecule has 1 aliphatic heterocycles. The number of hydrogen-bond acceptors (Lipinski definition) is 3. The van der Waals surface area contributed by atoms with Gasteiger partial charge in [-0.1, -0.05) is 18.2 Å². The normalized spacial score (nSPS) is 19.6. The predicted octanol–water partition coefficient (Wildman–Crippen LogP) is 1.58. The molecule has 2 N–H and O–H groups in total. The van der Waals surface area contributed by atoms with Crippen LogP contribution in [0.2, 0.25) is 0 Å². The SMILES string of the molecule is O=C(O)[C@H](Cc1ccccc1I)NC(=O)[C@@H]1CCCO1. The fourth-order valence-electron chi connectivity index (χ4n) is 2.13. The van der Waals surface area contributed by atoms with Gasteiger partial charge in [-0.15, -0.1) is 0 Å². The van der Waals surface area contributed by atoms with E-state index in [1.807, 2.05) is 24.3 Å². The van der Waals surface area contributed by atoms with Gasteiger partial charge in [0.05, 0.1) is 0 Å². The second kappa shape index (κ2) is 7.03. The molecule has 1 heterocycles. The van der Waals surface area contributed by atoms with E-state index in [-0.39, 0.29) is 12.3 Å².